The summed E-state index contributed by atoms with van der Waals surface area (Å²) in [4.78, 5) is 31.9. The van der Waals surface area contributed by atoms with Crippen LogP contribution in [0.2, 0.25) is 5.02 Å². The van der Waals surface area contributed by atoms with Gasteiger partial charge in [-0.15, -0.1) is 0 Å². The maximum absolute atomic E-state index is 13.3. The number of benzene rings is 2. The van der Waals surface area contributed by atoms with Crippen molar-refractivity contribution in [3.05, 3.63) is 58.6 Å². The average Bonchev–Trinajstić information content (AvgIpc) is 2.74. The van der Waals surface area contributed by atoms with Crippen molar-refractivity contribution < 1.29 is 14.3 Å². The SMILES string of the molecule is Cc1ccc2c(c1)N(C)C(=O)C(C)(C(=O)N1CCN(Cc3ccccc3Cl)CC1)O2. The summed E-state index contributed by atoms with van der Waals surface area (Å²) in [7, 11) is 1.69. The molecule has 0 N–H and O–H groups in total. The molecule has 0 bridgehead atoms. The summed E-state index contributed by atoms with van der Waals surface area (Å²) in [5.41, 5.74) is 1.24. The van der Waals surface area contributed by atoms with Gasteiger partial charge in [-0.1, -0.05) is 35.9 Å². The second-order valence-electron chi connectivity index (χ2n) is 8.13. The Kier molecular flexibility index (Phi) is 5.47. The molecule has 30 heavy (non-hydrogen) atoms. The van der Waals surface area contributed by atoms with Crippen LogP contribution in [0, 0.1) is 6.92 Å². The summed E-state index contributed by atoms with van der Waals surface area (Å²) in [6, 6.07) is 13.4. The van der Waals surface area contributed by atoms with Crippen molar-refractivity contribution in [2.24, 2.45) is 0 Å². The van der Waals surface area contributed by atoms with Crippen LogP contribution in [-0.4, -0.2) is 60.4 Å². The molecule has 1 fully saturated rings. The molecule has 1 unspecified atom stereocenters. The lowest BCUT2D eigenvalue weighted by Gasteiger charge is -2.42. The van der Waals surface area contributed by atoms with Crippen LogP contribution >= 0.6 is 11.6 Å². The highest BCUT2D eigenvalue weighted by molar-refractivity contribution is 6.31. The first-order valence-corrected chi connectivity index (χ1v) is 10.5. The van der Waals surface area contributed by atoms with Crippen LogP contribution in [0.5, 0.6) is 5.75 Å². The lowest BCUT2D eigenvalue weighted by Crippen LogP contribution is -2.64. The van der Waals surface area contributed by atoms with Crippen LogP contribution in [-0.2, 0) is 16.1 Å². The predicted octanol–water partition coefficient (Wildman–Crippen LogP) is 3.11. The molecule has 2 aliphatic rings. The Morgan fingerprint density at radius 1 is 1.13 bits per heavy atom. The second-order valence-corrected chi connectivity index (χ2v) is 8.54. The third-order valence-electron chi connectivity index (χ3n) is 5.92. The number of anilines is 1. The number of hydrogen-bond acceptors (Lipinski definition) is 4. The fourth-order valence-electron chi connectivity index (χ4n) is 4.08. The van der Waals surface area contributed by atoms with Gasteiger partial charge >= 0.3 is 0 Å². The molecule has 158 valence electrons. The fourth-order valence-corrected chi connectivity index (χ4v) is 4.28. The summed E-state index contributed by atoms with van der Waals surface area (Å²) >= 11 is 6.27. The largest absolute Gasteiger partial charge is 0.465 e. The number of amides is 2. The van der Waals surface area contributed by atoms with Crippen LogP contribution in [0.3, 0.4) is 0 Å². The van der Waals surface area contributed by atoms with Crippen LogP contribution in [0.15, 0.2) is 42.5 Å². The molecule has 0 spiro atoms. The van der Waals surface area contributed by atoms with Gasteiger partial charge in [0.15, 0.2) is 0 Å². The smallest absolute Gasteiger partial charge is 0.280 e. The molecule has 2 heterocycles. The number of nitrogens with zero attached hydrogens (tertiary/aromatic N) is 3. The summed E-state index contributed by atoms with van der Waals surface area (Å²) in [6.45, 7) is 6.79. The number of ether oxygens (including phenoxy) is 1. The Bertz CT molecular complexity index is 987. The number of aryl methyl sites for hydroxylation is 1. The summed E-state index contributed by atoms with van der Waals surface area (Å²) in [5.74, 6) is -0.0806. The van der Waals surface area contributed by atoms with Gasteiger partial charge in [0.2, 0.25) is 0 Å². The summed E-state index contributed by atoms with van der Waals surface area (Å²) in [6.07, 6.45) is 0. The zero-order valence-corrected chi connectivity index (χ0v) is 18.3. The molecule has 6 nitrogen and oxygen atoms in total. The van der Waals surface area contributed by atoms with E-state index in [1.807, 2.05) is 49.4 Å². The van der Waals surface area contributed by atoms with Gasteiger partial charge in [0, 0.05) is 44.8 Å². The van der Waals surface area contributed by atoms with E-state index in [0.29, 0.717) is 37.6 Å². The fraction of sp³-hybridized carbons (Fsp3) is 0.391. The van der Waals surface area contributed by atoms with E-state index in [1.54, 1.807) is 18.9 Å². The molecular weight excluding hydrogens is 402 g/mol. The minimum absolute atomic E-state index is 0.289. The molecule has 1 saturated heterocycles. The molecule has 2 amide bonds. The third kappa shape index (κ3) is 3.66. The van der Waals surface area contributed by atoms with Gasteiger partial charge in [-0.2, -0.15) is 0 Å². The third-order valence-corrected chi connectivity index (χ3v) is 6.29. The molecule has 2 aromatic rings. The molecule has 2 aliphatic heterocycles. The highest BCUT2D eigenvalue weighted by Gasteiger charge is 2.51. The van der Waals surface area contributed by atoms with Gasteiger partial charge in [0.25, 0.3) is 17.4 Å². The van der Waals surface area contributed by atoms with Gasteiger partial charge in [-0.25, -0.2) is 0 Å². The maximum Gasteiger partial charge on any atom is 0.280 e. The van der Waals surface area contributed by atoms with Crippen molar-refractivity contribution in [1.82, 2.24) is 9.80 Å². The highest BCUT2D eigenvalue weighted by atomic mass is 35.5. The van der Waals surface area contributed by atoms with Crippen molar-refractivity contribution in [1.29, 1.82) is 0 Å². The van der Waals surface area contributed by atoms with Gasteiger partial charge in [-0.3, -0.25) is 14.5 Å². The lowest BCUT2D eigenvalue weighted by molar-refractivity contribution is -0.157. The Labute approximate surface area is 182 Å². The maximum atomic E-state index is 13.3. The minimum Gasteiger partial charge on any atom is -0.465 e. The summed E-state index contributed by atoms with van der Waals surface area (Å²) < 4.78 is 6.00. The lowest BCUT2D eigenvalue weighted by atomic mass is 9.98. The zero-order valence-electron chi connectivity index (χ0n) is 17.5. The van der Waals surface area contributed by atoms with E-state index in [0.717, 1.165) is 22.7 Å². The Morgan fingerprint density at radius 2 is 1.83 bits per heavy atom. The number of piperazine rings is 1. The highest BCUT2D eigenvalue weighted by Crippen LogP contribution is 2.38. The molecule has 1 atom stereocenters. The van der Waals surface area contributed by atoms with Crippen molar-refractivity contribution in [3.63, 3.8) is 0 Å². The molecule has 2 aromatic carbocycles. The topological polar surface area (TPSA) is 53.1 Å². The molecule has 4 rings (SSSR count). The normalized spacial score (nSPS) is 21.9. The Balaban J connectivity index is 1.45. The second kappa shape index (κ2) is 7.93. The van der Waals surface area contributed by atoms with Crippen LogP contribution in [0.25, 0.3) is 0 Å². The minimum atomic E-state index is -1.55. The quantitative estimate of drug-likeness (QED) is 0.706. The van der Waals surface area contributed by atoms with Gasteiger partial charge < -0.3 is 14.5 Å². The molecule has 0 aliphatic carbocycles. The van der Waals surface area contributed by atoms with Crippen molar-refractivity contribution in [3.8, 4) is 5.75 Å². The molecule has 0 radical (unpaired) electrons. The number of hydrogen-bond donors (Lipinski definition) is 0. The van der Waals surface area contributed by atoms with E-state index in [4.69, 9.17) is 16.3 Å². The number of halogens is 1. The first-order valence-electron chi connectivity index (χ1n) is 10.1. The monoisotopic (exact) mass is 427 g/mol. The molecule has 0 saturated carbocycles. The van der Waals surface area contributed by atoms with E-state index in [2.05, 4.69) is 4.90 Å². The van der Waals surface area contributed by atoms with E-state index < -0.39 is 5.60 Å². The Hall–Kier alpha value is -2.57. The van der Waals surface area contributed by atoms with Crippen molar-refractivity contribution in [2.45, 2.75) is 26.0 Å². The predicted molar refractivity (Wildman–Crippen MR) is 117 cm³/mol. The molecule has 7 heteroatoms. The van der Waals surface area contributed by atoms with Crippen LogP contribution in [0.1, 0.15) is 18.1 Å². The number of fused-ring (bicyclic) bond motifs is 1. The summed E-state index contributed by atoms with van der Waals surface area (Å²) in [5, 5.41) is 0.752. The van der Waals surface area contributed by atoms with E-state index in [9.17, 15) is 9.59 Å². The van der Waals surface area contributed by atoms with E-state index in [-0.39, 0.29) is 11.8 Å². The number of likely N-dealkylation sites (N-methyl/N-ethyl adjacent to an activating group) is 1. The average molecular weight is 428 g/mol. The van der Waals surface area contributed by atoms with Crippen LogP contribution < -0.4 is 9.64 Å². The number of carbonyl (C=O) groups excluding carboxylic acids is 2. The van der Waals surface area contributed by atoms with Crippen molar-refractivity contribution >= 4 is 29.1 Å². The number of rotatable bonds is 3. The standard InChI is InChI=1S/C23H26ClN3O3/c1-16-8-9-20-19(14-16)25(3)21(28)23(2,30-20)22(29)27-12-10-26(11-13-27)15-17-6-4-5-7-18(17)24/h4-9,14H,10-13,15H2,1-3H3. The number of carbonyl (C=O) groups is 2. The van der Waals surface area contributed by atoms with Crippen molar-refractivity contribution in [2.75, 3.05) is 38.1 Å². The van der Waals surface area contributed by atoms with E-state index >= 15 is 0 Å². The molecule has 0 aromatic heterocycles. The van der Waals surface area contributed by atoms with E-state index in [1.165, 1.54) is 4.90 Å². The first kappa shape index (κ1) is 20.7. The van der Waals surface area contributed by atoms with Gasteiger partial charge in [-0.05, 0) is 43.2 Å². The zero-order chi connectivity index (χ0) is 21.5. The Morgan fingerprint density at radius 3 is 2.53 bits per heavy atom. The first-order chi connectivity index (χ1) is 14.3. The molecular formula is C23H26ClN3O3. The van der Waals surface area contributed by atoms with Gasteiger partial charge in [0.05, 0.1) is 5.69 Å². The van der Waals surface area contributed by atoms with Crippen LogP contribution in [0.4, 0.5) is 5.69 Å². The van der Waals surface area contributed by atoms with Gasteiger partial charge in [0.1, 0.15) is 5.75 Å².